The number of halogens is 1. The first-order valence-electron chi connectivity index (χ1n) is 10.4. The van der Waals surface area contributed by atoms with Crippen molar-refractivity contribution in [1.82, 2.24) is 5.32 Å². The van der Waals surface area contributed by atoms with E-state index < -0.39 is 17.7 Å². The van der Waals surface area contributed by atoms with Gasteiger partial charge >= 0.3 is 12.1 Å². The largest absolute Gasteiger partial charge is 0.494 e. The molecule has 7 heteroatoms. The third-order valence-corrected chi connectivity index (χ3v) is 4.73. The second kappa shape index (κ2) is 12.7. The van der Waals surface area contributed by atoms with E-state index in [-0.39, 0.29) is 18.6 Å². The highest BCUT2D eigenvalue weighted by molar-refractivity contribution is 14.1. The number of nitrogens with one attached hydrogen (secondary N) is 1. The topological polar surface area (TPSA) is 73.9 Å². The number of esters is 1. The maximum atomic E-state index is 12.6. The minimum Gasteiger partial charge on any atom is -0.494 e. The maximum absolute atomic E-state index is 12.6. The molecule has 0 bridgehead atoms. The van der Waals surface area contributed by atoms with Crippen LogP contribution in [0.15, 0.2) is 42.2 Å². The van der Waals surface area contributed by atoms with Crippen molar-refractivity contribution in [1.29, 1.82) is 0 Å². The van der Waals surface area contributed by atoms with Gasteiger partial charge in [0.15, 0.2) is 0 Å². The zero-order valence-corrected chi connectivity index (χ0v) is 21.6. The zero-order chi connectivity index (χ0) is 23.6. The number of ether oxygens (including phenoxy) is 3. The van der Waals surface area contributed by atoms with Gasteiger partial charge in [-0.1, -0.05) is 26.0 Å². The molecule has 0 saturated carbocycles. The molecule has 0 radical (unpaired) electrons. The molecule has 0 aliphatic rings. The van der Waals surface area contributed by atoms with Crippen LogP contribution in [0.3, 0.4) is 0 Å². The van der Waals surface area contributed by atoms with Gasteiger partial charge < -0.3 is 19.5 Å². The lowest BCUT2D eigenvalue weighted by Gasteiger charge is -2.28. The molecule has 1 amide bonds. The van der Waals surface area contributed by atoms with Gasteiger partial charge in [-0.25, -0.2) is 9.59 Å². The van der Waals surface area contributed by atoms with E-state index in [1.54, 1.807) is 13.0 Å². The van der Waals surface area contributed by atoms with Gasteiger partial charge in [0.25, 0.3) is 0 Å². The van der Waals surface area contributed by atoms with Gasteiger partial charge in [-0.3, -0.25) is 0 Å². The van der Waals surface area contributed by atoms with Crippen molar-refractivity contribution in [3.63, 3.8) is 0 Å². The molecular formula is C24H34INO5. The fraction of sp³-hybridized carbons (Fsp3) is 0.500. The van der Waals surface area contributed by atoms with Crippen LogP contribution in [0.5, 0.6) is 0 Å². The summed E-state index contributed by atoms with van der Waals surface area (Å²) in [5.74, 6) is -0.0694. The Morgan fingerprint density at radius 1 is 1.03 bits per heavy atom. The lowest BCUT2D eigenvalue weighted by Crippen LogP contribution is -2.42. The summed E-state index contributed by atoms with van der Waals surface area (Å²) < 4.78 is 17.3. The Balaban J connectivity index is 3.48. The summed E-state index contributed by atoms with van der Waals surface area (Å²) >= 11 is 2.24. The number of benzene rings is 1. The van der Waals surface area contributed by atoms with E-state index in [1.165, 1.54) is 6.08 Å². The Hall–Kier alpha value is -2.03. The van der Waals surface area contributed by atoms with Crippen molar-refractivity contribution in [2.45, 2.75) is 60.1 Å². The summed E-state index contributed by atoms with van der Waals surface area (Å²) in [4.78, 5) is 24.6. The van der Waals surface area contributed by atoms with E-state index in [0.717, 1.165) is 14.7 Å². The molecule has 0 aliphatic carbocycles. The molecule has 0 heterocycles. The van der Waals surface area contributed by atoms with Crippen molar-refractivity contribution in [2.75, 3.05) is 13.2 Å². The molecule has 1 atom stereocenters. The van der Waals surface area contributed by atoms with E-state index in [4.69, 9.17) is 14.2 Å². The SMILES string of the molecule is CCOC(=O)/C=C(\C=C(/c1ccc(I)cc1)[C@@H](NC(=O)OC(C)(C)C)C(C)C)OCC. The standard InChI is InChI=1S/C24H34INO5/c1-8-29-19(15-21(27)30-9-2)14-20(17-10-12-18(25)13-11-17)22(16(3)4)26-23(28)31-24(5,6)7/h10-16,22H,8-9H2,1-7H3,(H,26,28)/b19-15+,20-14+/t22-/m0/s1. The van der Waals surface area contributed by atoms with Crippen LogP contribution in [-0.2, 0) is 19.0 Å². The highest BCUT2D eigenvalue weighted by Gasteiger charge is 2.25. The minimum absolute atomic E-state index is 0.0449. The molecule has 0 fully saturated rings. The van der Waals surface area contributed by atoms with Crippen molar-refractivity contribution in [3.8, 4) is 0 Å². The van der Waals surface area contributed by atoms with Gasteiger partial charge in [0.1, 0.15) is 11.4 Å². The molecule has 0 aliphatic heterocycles. The van der Waals surface area contributed by atoms with E-state index in [0.29, 0.717) is 12.4 Å². The fourth-order valence-electron chi connectivity index (χ4n) is 2.78. The average Bonchev–Trinajstić information content (AvgIpc) is 2.64. The van der Waals surface area contributed by atoms with E-state index >= 15 is 0 Å². The average molecular weight is 543 g/mol. The Bertz CT molecular complexity index is 791. The molecule has 0 unspecified atom stereocenters. The zero-order valence-electron chi connectivity index (χ0n) is 19.5. The molecule has 0 aromatic heterocycles. The number of hydrogen-bond donors (Lipinski definition) is 1. The summed E-state index contributed by atoms with van der Waals surface area (Å²) in [7, 11) is 0. The third kappa shape index (κ3) is 10.2. The molecule has 0 saturated heterocycles. The highest BCUT2D eigenvalue weighted by Crippen LogP contribution is 2.27. The van der Waals surface area contributed by atoms with Crippen molar-refractivity contribution in [2.24, 2.45) is 5.92 Å². The Morgan fingerprint density at radius 2 is 1.61 bits per heavy atom. The number of rotatable bonds is 9. The van der Waals surface area contributed by atoms with Crippen LogP contribution in [0.25, 0.3) is 5.57 Å². The van der Waals surface area contributed by atoms with Crippen molar-refractivity contribution in [3.05, 3.63) is 51.3 Å². The van der Waals surface area contributed by atoms with Gasteiger partial charge in [0, 0.05) is 3.57 Å². The predicted molar refractivity (Wildman–Crippen MR) is 131 cm³/mol. The van der Waals surface area contributed by atoms with Crippen LogP contribution < -0.4 is 5.32 Å². The van der Waals surface area contributed by atoms with Crippen LogP contribution in [0.2, 0.25) is 0 Å². The van der Waals surface area contributed by atoms with Gasteiger partial charge in [-0.15, -0.1) is 0 Å². The number of hydrogen-bond acceptors (Lipinski definition) is 5. The van der Waals surface area contributed by atoms with E-state index in [2.05, 4.69) is 27.9 Å². The summed E-state index contributed by atoms with van der Waals surface area (Å²) in [6.45, 7) is 13.7. The predicted octanol–water partition coefficient (Wildman–Crippen LogP) is 5.71. The molecule has 1 N–H and O–H groups in total. The lowest BCUT2D eigenvalue weighted by molar-refractivity contribution is -0.137. The molecule has 0 spiro atoms. The summed E-state index contributed by atoms with van der Waals surface area (Å²) in [5.41, 5.74) is 1.10. The third-order valence-electron chi connectivity index (χ3n) is 4.01. The first-order chi connectivity index (χ1) is 14.5. The first kappa shape index (κ1) is 27.0. The second-order valence-electron chi connectivity index (χ2n) is 8.21. The summed E-state index contributed by atoms with van der Waals surface area (Å²) in [5, 5.41) is 2.98. The molecule has 31 heavy (non-hydrogen) atoms. The van der Waals surface area contributed by atoms with Crippen LogP contribution in [0, 0.1) is 9.49 Å². The lowest BCUT2D eigenvalue weighted by atomic mass is 9.90. The van der Waals surface area contributed by atoms with Crippen LogP contribution in [0.4, 0.5) is 4.79 Å². The smallest absolute Gasteiger partial charge is 0.408 e. The van der Waals surface area contributed by atoms with Crippen molar-refractivity contribution >= 4 is 40.2 Å². The highest BCUT2D eigenvalue weighted by atomic mass is 127. The summed E-state index contributed by atoms with van der Waals surface area (Å²) in [6.07, 6.45) is 2.60. The number of allylic oxidation sites excluding steroid dienone is 1. The van der Waals surface area contributed by atoms with E-state index in [1.807, 2.05) is 65.8 Å². The first-order valence-corrected chi connectivity index (χ1v) is 11.5. The number of alkyl carbamates (subject to hydrolysis) is 1. The molecule has 1 aromatic rings. The second-order valence-corrected chi connectivity index (χ2v) is 9.45. The minimum atomic E-state index is -0.612. The number of carbonyl (C=O) groups excluding carboxylic acids is 2. The molecule has 6 nitrogen and oxygen atoms in total. The molecule has 1 aromatic carbocycles. The Labute approximate surface area is 199 Å². The van der Waals surface area contributed by atoms with E-state index in [9.17, 15) is 9.59 Å². The van der Waals surface area contributed by atoms with Gasteiger partial charge in [-0.05, 0) is 92.5 Å². The quantitative estimate of drug-likeness (QED) is 0.142. The van der Waals surface area contributed by atoms with Crippen LogP contribution in [0.1, 0.15) is 54.0 Å². The molecule has 1 rings (SSSR count). The van der Waals surface area contributed by atoms with Gasteiger partial charge in [0.05, 0.1) is 25.3 Å². The van der Waals surface area contributed by atoms with Crippen LogP contribution >= 0.6 is 22.6 Å². The summed E-state index contributed by atoms with van der Waals surface area (Å²) in [6, 6.07) is 7.57. The maximum Gasteiger partial charge on any atom is 0.408 e. The number of amides is 1. The van der Waals surface area contributed by atoms with Crippen molar-refractivity contribution < 1.29 is 23.8 Å². The monoisotopic (exact) mass is 543 g/mol. The normalized spacial score (nSPS) is 13.6. The van der Waals surface area contributed by atoms with Gasteiger partial charge in [-0.2, -0.15) is 0 Å². The molecule has 172 valence electrons. The molecular weight excluding hydrogens is 509 g/mol. The van der Waals surface area contributed by atoms with Gasteiger partial charge in [0.2, 0.25) is 0 Å². The Kier molecular flexibility index (Phi) is 11.1. The number of carbonyl (C=O) groups is 2. The Morgan fingerprint density at radius 3 is 2.10 bits per heavy atom. The van der Waals surface area contributed by atoms with Crippen LogP contribution in [-0.4, -0.2) is 36.9 Å². The fourth-order valence-corrected chi connectivity index (χ4v) is 3.14.